The number of rotatable bonds is 12. The Kier molecular flexibility index (Phi) is 9.58. The molecule has 10 heteroatoms. The monoisotopic (exact) mass is 605 g/mol. The summed E-state index contributed by atoms with van der Waals surface area (Å²) in [5.41, 5.74) is 3.96. The number of anilines is 1. The molecule has 0 unspecified atom stereocenters. The molecule has 0 atom stereocenters. The lowest BCUT2D eigenvalue weighted by molar-refractivity contribution is -0.137. The Morgan fingerprint density at radius 2 is 1.80 bits per heavy atom. The van der Waals surface area contributed by atoms with E-state index in [0.29, 0.717) is 49.6 Å². The third-order valence-electron chi connectivity index (χ3n) is 9.24. The maximum atomic E-state index is 13.2. The van der Waals surface area contributed by atoms with Crippen molar-refractivity contribution in [2.45, 2.75) is 64.3 Å². The van der Waals surface area contributed by atoms with Crippen molar-refractivity contribution in [3.05, 3.63) is 58.7 Å². The molecular formula is C34H43N3O7. The molecule has 0 radical (unpaired) electrons. The van der Waals surface area contributed by atoms with E-state index >= 15 is 0 Å². The van der Waals surface area contributed by atoms with Crippen molar-refractivity contribution < 1.29 is 33.8 Å². The second-order valence-corrected chi connectivity index (χ2v) is 12.4. The first-order chi connectivity index (χ1) is 21.1. The van der Waals surface area contributed by atoms with Gasteiger partial charge < -0.3 is 24.4 Å². The molecule has 44 heavy (non-hydrogen) atoms. The fraction of sp³-hybridized carbons (Fsp3) is 0.529. The number of esters is 1. The number of benzene rings is 2. The zero-order valence-corrected chi connectivity index (χ0v) is 26.0. The van der Waals surface area contributed by atoms with Gasteiger partial charge in [0, 0.05) is 56.3 Å². The fourth-order valence-corrected chi connectivity index (χ4v) is 6.54. The van der Waals surface area contributed by atoms with Crippen LogP contribution in [0.2, 0.25) is 0 Å². The number of piperidine rings is 1. The molecule has 0 bridgehead atoms. The van der Waals surface area contributed by atoms with Gasteiger partial charge >= 0.3 is 11.9 Å². The number of amides is 2. The highest BCUT2D eigenvalue weighted by Crippen LogP contribution is 2.45. The van der Waals surface area contributed by atoms with Crippen molar-refractivity contribution in [1.29, 1.82) is 0 Å². The minimum absolute atomic E-state index is 0.0208. The number of methoxy groups -OCH3 is 1. The lowest BCUT2D eigenvalue weighted by atomic mass is 9.77. The van der Waals surface area contributed by atoms with Gasteiger partial charge in [0.05, 0.1) is 19.3 Å². The topological polar surface area (TPSA) is 117 Å². The molecule has 10 nitrogen and oxygen atoms in total. The van der Waals surface area contributed by atoms with Crippen molar-refractivity contribution in [2.24, 2.45) is 5.41 Å². The number of carboxylic acids is 1. The third-order valence-corrected chi connectivity index (χ3v) is 9.24. The number of aliphatic carboxylic acids is 1. The van der Waals surface area contributed by atoms with Crippen LogP contribution in [0.25, 0.3) is 0 Å². The predicted octanol–water partition coefficient (Wildman–Crippen LogP) is 4.71. The van der Waals surface area contributed by atoms with E-state index in [9.17, 15) is 19.2 Å². The Labute approximate surface area is 258 Å². The Morgan fingerprint density at radius 3 is 2.41 bits per heavy atom. The molecule has 1 N–H and O–H groups in total. The lowest BCUT2D eigenvalue weighted by Gasteiger charge is -2.39. The van der Waals surface area contributed by atoms with Gasteiger partial charge in [0.1, 0.15) is 5.75 Å². The van der Waals surface area contributed by atoms with Crippen LogP contribution < -0.4 is 9.64 Å². The van der Waals surface area contributed by atoms with Gasteiger partial charge in [-0.15, -0.1) is 0 Å². The summed E-state index contributed by atoms with van der Waals surface area (Å²) in [6, 6.07) is 11.1. The zero-order valence-electron chi connectivity index (χ0n) is 26.0. The largest absolute Gasteiger partial charge is 0.494 e. The summed E-state index contributed by atoms with van der Waals surface area (Å²) < 4.78 is 11.0. The first-order valence-electron chi connectivity index (χ1n) is 15.6. The van der Waals surface area contributed by atoms with Crippen LogP contribution in [-0.4, -0.2) is 85.6 Å². The summed E-state index contributed by atoms with van der Waals surface area (Å²) in [6.07, 6.45) is 4.91. The predicted molar refractivity (Wildman–Crippen MR) is 165 cm³/mol. The Bertz CT molecular complexity index is 1390. The zero-order chi connectivity index (χ0) is 31.4. The van der Waals surface area contributed by atoms with Gasteiger partial charge in [0.2, 0.25) is 5.91 Å². The minimum atomic E-state index is -0.876. The first-order valence-corrected chi connectivity index (χ1v) is 15.6. The molecule has 2 heterocycles. The third kappa shape index (κ3) is 7.07. The van der Waals surface area contributed by atoms with Gasteiger partial charge in [0.25, 0.3) is 5.91 Å². The van der Waals surface area contributed by atoms with E-state index in [-0.39, 0.29) is 29.6 Å². The van der Waals surface area contributed by atoms with Crippen molar-refractivity contribution >= 4 is 29.4 Å². The molecule has 1 aliphatic carbocycles. The molecule has 5 rings (SSSR count). The van der Waals surface area contributed by atoms with Crippen LogP contribution in [0.3, 0.4) is 0 Å². The van der Waals surface area contributed by atoms with Gasteiger partial charge in [-0.25, -0.2) is 4.79 Å². The van der Waals surface area contributed by atoms with Gasteiger partial charge in [-0.2, -0.15) is 0 Å². The molecule has 1 spiro atoms. The van der Waals surface area contributed by atoms with E-state index in [1.54, 1.807) is 19.2 Å². The summed E-state index contributed by atoms with van der Waals surface area (Å²) >= 11 is 0. The number of likely N-dealkylation sites (tertiary alicyclic amines) is 1. The molecule has 1 saturated carbocycles. The van der Waals surface area contributed by atoms with Crippen LogP contribution in [0.4, 0.5) is 5.69 Å². The van der Waals surface area contributed by atoms with Crippen molar-refractivity contribution in [3.8, 4) is 5.75 Å². The van der Waals surface area contributed by atoms with Gasteiger partial charge in [-0.05, 0) is 105 Å². The fourth-order valence-electron chi connectivity index (χ4n) is 6.54. The Balaban J connectivity index is 1.20. The van der Waals surface area contributed by atoms with Crippen molar-refractivity contribution in [3.63, 3.8) is 0 Å². The summed E-state index contributed by atoms with van der Waals surface area (Å²) in [5, 5.41) is 8.83. The average Bonchev–Trinajstić information content (AvgIpc) is 3.81. The van der Waals surface area contributed by atoms with Crippen LogP contribution in [-0.2, 0) is 20.9 Å². The lowest BCUT2D eigenvalue weighted by Crippen LogP contribution is -2.41. The number of carbonyl (C=O) groups excluding carboxylic acids is 3. The summed E-state index contributed by atoms with van der Waals surface area (Å²) in [5.74, 6) is -0.136. The van der Waals surface area contributed by atoms with E-state index in [1.807, 2.05) is 30.0 Å². The number of carbonyl (C=O) groups is 4. The van der Waals surface area contributed by atoms with Crippen molar-refractivity contribution in [2.75, 3.05) is 51.8 Å². The van der Waals surface area contributed by atoms with Gasteiger partial charge in [-0.3, -0.25) is 19.3 Å². The summed E-state index contributed by atoms with van der Waals surface area (Å²) in [7, 11) is 3.08. The molecule has 2 aliphatic heterocycles. The number of hydrogen-bond donors (Lipinski definition) is 1. The van der Waals surface area contributed by atoms with Crippen LogP contribution in [0.5, 0.6) is 5.75 Å². The van der Waals surface area contributed by atoms with Gasteiger partial charge in [0.15, 0.2) is 0 Å². The number of hydrogen-bond acceptors (Lipinski definition) is 7. The smallest absolute Gasteiger partial charge is 0.338 e. The quantitative estimate of drug-likeness (QED) is 0.346. The normalized spacial score (nSPS) is 18.0. The molecular weight excluding hydrogens is 562 g/mol. The molecule has 2 aromatic rings. The standard InChI is InChI=1S/C34H43N3O7/c1-4-44-29-19-28(33(42)43-3)27(23-7-8-23)18-25(29)21-36-16-13-34(14-17-36)20-30(38)37(22-34)26-11-9-24(10-12-26)32(41)35(2)15-5-6-31(39)40/h9-12,18-19,23H,4-8,13-17,20-22H2,1-3H3,(H,39,40). The highest BCUT2D eigenvalue weighted by Gasteiger charge is 2.45. The SMILES string of the molecule is CCOc1cc(C(=O)OC)c(C2CC2)cc1CN1CCC2(CC1)CC(=O)N(c1ccc(C(=O)N(C)CCCC(=O)O)cc1)C2. The van der Waals surface area contributed by atoms with E-state index in [2.05, 4.69) is 11.0 Å². The highest BCUT2D eigenvalue weighted by atomic mass is 16.5. The van der Waals surface area contributed by atoms with Gasteiger partial charge in [-0.1, -0.05) is 0 Å². The Hall–Kier alpha value is -3.92. The molecule has 3 aliphatic rings. The summed E-state index contributed by atoms with van der Waals surface area (Å²) in [4.78, 5) is 55.0. The maximum absolute atomic E-state index is 13.2. The highest BCUT2D eigenvalue weighted by molar-refractivity contribution is 5.98. The Morgan fingerprint density at radius 1 is 1.09 bits per heavy atom. The van der Waals surface area contributed by atoms with Crippen LogP contribution in [0.15, 0.2) is 36.4 Å². The molecule has 0 aromatic heterocycles. The average molecular weight is 606 g/mol. The van der Waals surface area contributed by atoms with E-state index in [1.165, 1.54) is 12.0 Å². The van der Waals surface area contributed by atoms with E-state index in [0.717, 1.165) is 67.9 Å². The first kappa shape index (κ1) is 31.5. The molecule has 3 fully saturated rings. The van der Waals surface area contributed by atoms with E-state index in [4.69, 9.17) is 14.6 Å². The molecule has 2 aromatic carbocycles. The molecule has 236 valence electrons. The number of nitrogens with zero attached hydrogens (tertiary/aromatic N) is 3. The van der Waals surface area contributed by atoms with Crippen LogP contribution in [0, 0.1) is 5.41 Å². The number of carboxylic acid groups (broad SMARTS) is 1. The number of ether oxygens (including phenoxy) is 2. The molecule has 2 amide bonds. The minimum Gasteiger partial charge on any atom is -0.494 e. The second-order valence-electron chi connectivity index (χ2n) is 12.4. The summed E-state index contributed by atoms with van der Waals surface area (Å²) in [6.45, 7) is 5.94. The van der Waals surface area contributed by atoms with E-state index < -0.39 is 5.97 Å². The second kappa shape index (κ2) is 13.4. The van der Waals surface area contributed by atoms with Crippen LogP contribution >= 0.6 is 0 Å². The van der Waals surface area contributed by atoms with Crippen LogP contribution in [0.1, 0.15) is 89.6 Å². The maximum Gasteiger partial charge on any atom is 0.338 e. The molecule has 2 saturated heterocycles. The van der Waals surface area contributed by atoms with Crippen molar-refractivity contribution in [1.82, 2.24) is 9.80 Å².